The smallest absolute Gasteiger partial charge is 0.234 e. The molecule has 4 nitrogen and oxygen atoms in total. The van der Waals surface area contributed by atoms with Gasteiger partial charge in [-0.2, -0.15) is 0 Å². The van der Waals surface area contributed by atoms with E-state index < -0.39 is 0 Å². The molecular weight excluding hydrogens is 204 g/mol. The van der Waals surface area contributed by atoms with E-state index in [1.165, 1.54) is 0 Å². The van der Waals surface area contributed by atoms with Gasteiger partial charge in [0.2, 0.25) is 5.91 Å². The first-order chi connectivity index (χ1) is 7.67. The van der Waals surface area contributed by atoms with Crippen LogP contribution in [0.15, 0.2) is 0 Å². The lowest BCUT2D eigenvalue weighted by Crippen LogP contribution is -2.43. The number of rotatable bonds is 6. The quantitative estimate of drug-likeness (QED) is 0.705. The van der Waals surface area contributed by atoms with Gasteiger partial charge in [-0.1, -0.05) is 13.3 Å². The van der Waals surface area contributed by atoms with Crippen LogP contribution in [0.3, 0.4) is 0 Å². The number of likely N-dealkylation sites (tertiary alicyclic amines) is 1. The van der Waals surface area contributed by atoms with Crippen molar-refractivity contribution in [3.05, 3.63) is 0 Å². The van der Waals surface area contributed by atoms with E-state index in [2.05, 4.69) is 17.1 Å². The molecule has 1 aliphatic heterocycles. The molecule has 1 heterocycles. The van der Waals surface area contributed by atoms with Gasteiger partial charge in [0.15, 0.2) is 0 Å². The molecule has 1 fully saturated rings. The van der Waals surface area contributed by atoms with Crippen LogP contribution in [-0.2, 0) is 4.79 Å². The summed E-state index contributed by atoms with van der Waals surface area (Å²) in [5.41, 5.74) is 0. The van der Waals surface area contributed by atoms with Gasteiger partial charge in [0.05, 0.1) is 13.2 Å². The normalized spacial score (nSPS) is 23.3. The number of carbonyl (C=O) groups is 1. The molecule has 4 heteroatoms. The van der Waals surface area contributed by atoms with Crippen LogP contribution in [-0.4, -0.2) is 47.7 Å². The van der Waals surface area contributed by atoms with Crippen molar-refractivity contribution in [3.8, 4) is 0 Å². The fourth-order valence-corrected chi connectivity index (χ4v) is 2.32. The van der Waals surface area contributed by atoms with Gasteiger partial charge in [-0.3, -0.25) is 9.69 Å². The van der Waals surface area contributed by atoms with E-state index in [9.17, 15) is 4.79 Å². The third-order valence-electron chi connectivity index (χ3n) is 3.19. The van der Waals surface area contributed by atoms with Gasteiger partial charge < -0.3 is 10.4 Å². The van der Waals surface area contributed by atoms with Crippen molar-refractivity contribution in [3.63, 3.8) is 0 Å². The van der Waals surface area contributed by atoms with Gasteiger partial charge >= 0.3 is 0 Å². The van der Waals surface area contributed by atoms with Crippen LogP contribution in [0.5, 0.6) is 0 Å². The van der Waals surface area contributed by atoms with Crippen LogP contribution in [0, 0.1) is 0 Å². The molecule has 1 rings (SSSR count). The van der Waals surface area contributed by atoms with E-state index >= 15 is 0 Å². The third-order valence-corrected chi connectivity index (χ3v) is 3.19. The molecule has 1 amide bonds. The number of carbonyl (C=O) groups excluding carboxylic acids is 1. The molecule has 1 saturated heterocycles. The van der Waals surface area contributed by atoms with E-state index in [0.717, 1.165) is 32.2 Å². The highest BCUT2D eigenvalue weighted by Gasteiger charge is 2.25. The highest BCUT2D eigenvalue weighted by Crippen LogP contribution is 2.15. The molecule has 0 aromatic rings. The Labute approximate surface area is 98.0 Å². The predicted molar refractivity (Wildman–Crippen MR) is 64.2 cm³/mol. The van der Waals surface area contributed by atoms with Crippen LogP contribution in [0.1, 0.15) is 39.5 Å². The standard InChI is InChI=1S/C12H24N2O2/c1-3-5-10(2)13-12(16)8-14-7-4-6-11(14)9-15/h10-11,15H,3-9H2,1-2H3,(H,13,16)/t10?,11-/m1/s1. The second-order valence-electron chi connectivity index (χ2n) is 4.71. The van der Waals surface area contributed by atoms with E-state index in [1.807, 2.05) is 6.92 Å². The van der Waals surface area contributed by atoms with Crippen molar-refractivity contribution in [2.45, 2.75) is 51.6 Å². The number of nitrogens with zero attached hydrogens (tertiary/aromatic N) is 1. The van der Waals surface area contributed by atoms with Gasteiger partial charge in [0.25, 0.3) is 0 Å². The van der Waals surface area contributed by atoms with Crippen LogP contribution in [0.2, 0.25) is 0 Å². The summed E-state index contributed by atoms with van der Waals surface area (Å²) >= 11 is 0. The summed E-state index contributed by atoms with van der Waals surface area (Å²) in [7, 11) is 0. The van der Waals surface area contributed by atoms with Crippen LogP contribution in [0.25, 0.3) is 0 Å². The topological polar surface area (TPSA) is 52.6 Å². The van der Waals surface area contributed by atoms with Crippen molar-refractivity contribution < 1.29 is 9.90 Å². The number of aliphatic hydroxyl groups is 1. The predicted octanol–water partition coefficient (Wildman–Crippen LogP) is 0.748. The molecule has 0 bridgehead atoms. The first-order valence-corrected chi connectivity index (χ1v) is 6.31. The minimum atomic E-state index is 0.0845. The number of hydrogen-bond acceptors (Lipinski definition) is 3. The Bertz CT molecular complexity index is 221. The summed E-state index contributed by atoms with van der Waals surface area (Å²) in [5.74, 6) is 0.0845. The van der Waals surface area contributed by atoms with Gasteiger partial charge in [0.1, 0.15) is 0 Å². The molecule has 0 saturated carbocycles. The fourth-order valence-electron chi connectivity index (χ4n) is 2.32. The van der Waals surface area contributed by atoms with E-state index in [-0.39, 0.29) is 24.6 Å². The number of hydrogen-bond donors (Lipinski definition) is 2. The zero-order valence-electron chi connectivity index (χ0n) is 10.4. The molecular formula is C12H24N2O2. The summed E-state index contributed by atoms with van der Waals surface area (Å²) in [6.07, 6.45) is 4.21. The van der Waals surface area contributed by atoms with E-state index in [4.69, 9.17) is 5.11 Å². The molecule has 1 unspecified atom stereocenters. The van der Waals surface area contributed by atoms with E-state index in [0.29, 0.717) is 6.54 Å². The molecule has 2 atom stereocenters. The minimum absolute atomic E-state index is 0.0845. The zero-order valence-corrected chi connectivity index (χ0v) is 10.4. The first-order valence-electron chi connectivity index (χ1n) is 6.31. The van der Waals surface area contributed by atoms with Gasteiger partial charge in [-0.25, -0.2) is 0 Å². The molecule has 0 aromatic heterocycles. The summed E-state index contributed by atoms with van der Waals surface area (Å²) in [6.45, 7) is 5.68. The largest absolute Gasteiger partial charge is 0.395 e. The molecule has 2 N–H and O–H groups in total. The molecule has 0 spiro atoms. The maximum absolute atomic E-state index is 11.7. The Balaban J connectivity index is 2.28. The van der Waals surface area contributed by atoms with Crippen molar-refractivity contribution in [2.75, 3.05) is 19.7 Å². The Kier molecular flexibility index (Phi) is 5.77. The number of amides is 1. The Morgan fingerprint density at radius 3 is 3.00 bits per heavy atom. The minimum Gasteiger partial charge on any atom is -0.395 e. The second kappa shape index (κ2) is 6.86. The summed E-state index contributed by atoms with van der Waals surface area (Å²) in [6, 6.07) is 0.444. The molecule has 0 aliphatic carbocycles. The monoisotopic (exact) mass is 228 g/mol. The van der Waals surface area contributed by atoms with Crippen molar-refractivity contribution in [1.29, 1.82) is 0 Å². The molecule has 0 radical (unpaired) electrons. The lowest BCUT2D eigenvalue weighted by Gasteiger charge is -2.23. The third kappa shape index (κ3) is 4.10. The van der Waals surface area contributed by atoms with Crippen molar-refractivity contribution >= 4 is 5.91 Å². The zero-order chi connectivity index (χ0) is 12.0. The van der Waals surface area contributed by atoms with Gasteiger partial charge in [-0.15, -0.1) is 0 Å². The molecule has 94 valence electrons. The van der Waals surface area contributed by atoms with Gasteiger partial charge in [-0.05, 0) is 32.7 Å². The lowest BCUT2D eigenvalue weighted by atomic mass is 10.2. The van der Waals surface area contributed by atoms with Gasteiger partial charge in [0, 0.05) is 12.1 Å². The Hall–Kier alpha value is -0.610. The highest BCUT2D eigenvalue weighted by atomic mass is 16.3. The highest BCUT2D eigenvalue weighted by molar-refractivity contribution is 5.78. The van der Waals surface area contributed by atoms with Crippen molar-refractivity contribution in [2.24, 2.45) is 0 Å². The average Bonchev–Trinajstić information content (AvgIpc) is 2.65. The first kappa shape index (κ1) is 13.5. The van der Waals surface area contributed by atoms with Crippen molar-refractivity contribution in [1.82, 2.24) is 10.2 Å². The molecule has 0 aromatic carbocycles. The molecule has 16 heavy (non-hydrogen) atoms. The maximum Gasteiger partial charge on any atom is 0.234 e. The van der Waals surface area contributed by atoms with Crippen LogP contribution < -0.4 is 5.32 Å². The van der Waals surface area contributed by atoms with Crippen LogP contribution >= 0.6 is 0 Å². The fraction of sp³-hybridized carbons (Fsp3) is 0.917. The second-order valence-corrected chi connectivity index (χ2v) is 4.71. The SMILES string of the molecule is CCCC(C)NC(=O)CN1CCC[C@@H]1CO. The lowest BCUT2D eigenvalue weighted by molar-refractivity contribution is -0.123. The number of nitrogens with one attached hydrogen (secondary N) is 1. The Morgan fingerprint density at radius 2 is 2.38 bits per heavy atom. The van der Waals surface area contributed by atoms with Crippen LogP contribution in [0.4, 0.5) is 0 Å². The maximum atomic E-state index is 11.7. The number of aliphatic hydroxyl groups excluding tert-OH is 1. The molecule has 1 aliphatic rings. The Morgan fingerprint density at radius 1 is 1.62 bits per heavy atom. The summed E-state index contributed by atoms with van der Waals surface area (Å²) in [5, 5.41) is 12.1. The average molecular weight is 228 g/mol. The van der Waals surface area contributed by atoms with E-state index in [1.54, 1.807) is 0 Å². The summed E-state index contributed by atoms with van der Waals surface area (Å²) < 4.78 is 0. The summed E-state index contributed by atoms with van der Waals surface area (Å²) in [4.78, 5) is 13.8.